The maximum absolute atomic E-state index is 5.73. The van der Waals surface area contributed by atoms with Crippen molar-refractivity contribution < 1.29 is 4.42 Å². The molecule has 1 heterocycles. The molecule has 2 rings (SSSR count). The Balaban J connectivity index is 1.63. The Bertz CT molecular complexity index is 329. The van der Waals surface area contributed by atoms with E-state index in [9.17, 15) is 0 Å². The maximum atomic E-state index is 5.73. The third-order valence-electron chi connectivity index (χ3n) is 3.90. The summed E-state index contributed by atoms with van der Waals surface area (Å²) in [6, 6.07) is 3.73. The van der Waals surface area contributed by atoms with Gasteiger partial charge in [0.1, 0.15) is 5.76 Å². The predicted molar refractivity (Wildman–Crippen MR) is 71.2 cm³/mol. The minimum Gasteiger partial charge on any atom is -0.448 e. The first-order chi connectivity index (χ1) is 8.28. The van der Waals surface area contributed by atoms with Gasteiger partial charge in [0.2, 0.25) is 0 Å². The average Bonchev–Trinajstić information content (AvgIpc) is 2.76. The summed E-state index contributed by atoms with van der Waals surface area (Å²) < 4.78 is 5.31. The first-order valence-electron chi connectivity index (χ1n) is 6.73. The molecule has 0 atom stereocenters. The summed E-state index contributed by atoms with van der Waals surface area (Å²) in [6.07, 6.45) is 6.94. The van der Waals surface area contributed by atoms with Crippen molar-refractivity contribution in [2.45, 2.75) is 45.6 Å². The van der Waals surface area contributed by atoms with E-state index in [1.165, 1.54) is 32.1 Å². The van der Waals surface area contributed by atoms with Gasteiger partial charge in [0, 0.05) is 0 Å². The van der Waals surface area contributed by atoms with Gasteiger partial charge in [-0.2, -0.15) is 0 Å². The van der Waals surface area contributed by atoms with Crippen LogP contribution in [0.4, 0.5) is 0 Å². The Morgan fingerprint density at radius 1 is 1.24 bits per heavy atom. The molecule has 1 saturated carbocycles. The molecule has 0 unspecified atom stereocenters. The highest BCUT2D eigenvalue weighted by Crippen LogP contribution is 2.30. The van der Waals surface area contributed by atoms with Gasteiger partial charge < -0.3 is 9.73 Å². The van der Waals surface area contributed by atoms with Gasteiger partial charge in [-0.25, -0.2) is 0 Å². The van der Waals surface area contributed by atoms with E-state index in [1.54, 1.807) is 6.07 Å². The highest BCUT2D eigenvalue weighted by atomic mass is 35.5. The smallest absolute Gasteiger partial charge is 0.193 e. The van der Waals surface area contributed by atoms with Gasteiger partial charge in [-0.05, 0) is 55.0 Å². The summed E-state index contributed by atoms with van der Waals surface area (Å²) in [5.41, 5.74) is 0. The lowest BCUT2D eigenvalue weighted by Gasteiger charge is -2.27. The quantitative estimate of drug-likeness (QED) is 0.851. The summed E-state index contributed by atoms with van der Waals surface area (Å²) in [5.74, 6) is 2.76. The Morgan fingerprint density at radius 2 is 1.94 bits per heavy atom. The van der Waals surface area contributed by atoms with Crippen LogP contribution in [0.3, 0.4) is 0 Å². The first kappa shape index (κ1) is 13.0. The number of hydrogen-bond donors (Lipinski definition) is 1. The van der Waals surface area contributed by atoms with Crippen LogP contribution < -0.4 is 5.32 Å². The van der Waals surface area contributed by atoms with Crippen molar-refractivity contribution in [3.05, 3.63) is 23.1 Å². The van der Waals surface area contributed by atoms with Crippen LogP contribution in [0.15, 0.2) is 16.5 Å². The summed E-state index contributed by atoms with van der Waals surface area (Å²) in [6.45, 7) is 4.21. The molecule has 0 aliphatic heterocycles. The monoisotopic (exact) mass is 255 g/mol. The minimum absolute atomic E-state index is 0.477. The van der Waals surface area contributed by atoms with Crippen molar-refractivity contribution in [2.75, 3.05) is 6.54 Å². The second-order valence-corrected chi connectivity index (χ2v) is 5.50. The molecule has 1 aromatic heterocycles. The molecule has 1 aliphatic rings. The zero-order valence-electron chi connectivity index (χ0n) is 10.5. The third kappa shape index (κ3) is 4.04. The number of hydrogen-bond acceptors (Lipinski definition) is 2. The van der Waals surface area contributed by atoms with Gasteiger partial charge in [0.25, 0.3) is 0 Å². The van der Waals surface area contributed by atoms with Crippen molar-refractivity contribution >= 4 is 11.6 Å². The zero-order valence-corrected chi connectivity index (χ0v) is 11.3. The van der Waals surface area contributed by atoms with Crippen LogP contribution in [-0.4, -0.2) is 6.54 Å². The van der Waals surface area contributed by atoms with Crippen LogP contribution in [0.2, 0.25) is 5.22 Å². The largest absolute Gasteiger partial charge is 0.448 e. The third-order valence-corrected chi connectivity index (χ3v) is 4.11. The van der Waals surface area contributed by atoms with E-state index in [0.29, 0.717) is 5.22 Å². The van der Waals surface area contributed by atoms with Crippen molar-refractivity contribution in [3.63, 3.8) is 0 Å². The normalized spacial score (nSPS) is 25.1. The fraction of sp³-hybridized carbons (Fsp3) is 0.714. The Kier molecular flexibility index (Phi) is 4.93. The molecule has 96 valence electrons. The topological polar surface area (TPSA) is 25.2 Å². The summed E-state index contributed by atoms with van der Waals surface area (Å²) in [5, 5.41) is 3.94. The average molecular weight is 256 g/mol. The van der Waals surface area contributed by atoms with Crippen LogP contribution in [0.5, 0.6) is 0 Å². The van der Waals surface area contributed by atoms with E-state index in [-0.39, 0.29) is 0 Å². The van der Waals surface area contributed by atoms with Crippen LogP contribution in [0.25, 0.3) is 0 Å². The number of rotatable bonds is 5. The standard InChI is InChI=1S/C14H22ClNO/c1-2-11-3-5-12(6-4-11)9-16-10-13-7-8-14(15)17-13/h7-8,11-12,16H,2-6,9-10H2,1H3. The van der Waals surface area contributed by atoms with E-state index in [0.717, 1.165) is 30.7 Å². The lowest BCUT2D eigenvalue weighted by Crippen LogP contribution is -2.26. The number of furan rings is 1. The number of nitrogens with one attached hydrogen (secondary N) is 1. The molecule has 1 fully saturated rings. The van der Waals surface area contributed by atoms with Crippen molar-refractivity contribution in [1.29, 1.82) is 0 Å². The van der Waals surface area contributed by atoms with Crippen molar-refractivity contribution in [3.8, 4) is 0 Å². The van der Waals surface area contributed by atoms with Crippen LogP contribution in [0.1, 0.15) is 44.8 Å². The molecule has 0 amide bonds. The Morgan fingerprint density at radius 3 is 2.53 bits per heavy atom. The molecule has 0 spiro atoms. The van der Waals surface area contributed by atoms with Crippen LogP contribution in [0, 0.1) is 11.8 Å². The second-order valence-electron chi connectivity index (χ2n) is 5.13. The molecule has 0 bridgehead atoms. The molecular weight excluding hydrogens is 234 g/mol. The van der Waals surface area contributed by atoms with Crippen LogP contribution >= 0.6 is 11.6 Å². The predicted octanol–water partition coefficient (Wildman–Crippen LogP) is 4.24. The molecule has 17 heavy (non-hydrogen) atoms. The zero-order chi connectivity index (χ0) is 12.1. The van der Waals surface area contributed by atoms with Gasteiger partial charge in [-0.3, -0.25) is 0 Å². The molecule has 0 aromatic carbocycles. The van der Waals surface area contributed by atoms with E-state index in [2.05, 4.69) is 12.2 Å². The summed E-state index contributed by atoms with van der Waals surface area (Å²) in [4.78, 5) is 0. The number of halogens is 1. The lowest BCUT2D eigenvalue weighted by molar-refractivity contribution is 0.261. The molecule has 2 nitrogen and oxygen atoms in total. The summed E-state index contributed by atoms with van der Waals surface area (Å²) in [7, 11) is 0. The molecule has 1 aliphatic carbocycles. The van der Waals surface area contributed by atoms with Gasteiger partial charge in [0.15, 0.2) is 5.22 Å². The van der Waals surface area contributed by atoms with Crippen molar-refractivity contribution in [1.82, 2.24) is 5.32 Å². The minimum atomic E-state index is 0.477. The lowest BCUT2D eigenvalue weighted by atomic mass is 9.81. The van der Waals surface area contributed by atoms with Gasteiger partial charge in [-0.1, -0.05) is 26.2 Å². The first-order valence-corrected chi connectivity index (χ1v) is 7.10. The molecule has 1 aromatic rings. The van der Waals surface area contributed by atoms with E-state index in [1.807, 2.05) is 6.07 Å². The molecular formula is C14H22ClNO. The fourth-order valence-electron chi connectivity index (χ4n) is 2.69. The molecule has 0 saturated heterocycles. The van der Waals surface area contributed by atoms with Gasteiger partial charge in [0.05, 0.1) is 6.54 Å². The fourth-order valence-corrected chi connectivity index (χ4v) is 2.85. The Hall–Kier alpha value is -0.470. The molecule has 0 radical (unpaired) electrons. The van der Waals surface area contributed by atoms with E-state index >= 15 is 0 Å². The molecule has 3 heteroatoms. The second kappa shape index (κ2) is 6.46. The van der Waals surface area contributed by atoms with E-state index < -0.39 is 0 Å². The SMILES string of the molecule is CCC1CCC(CNCc2ccc(Cl)o2)CC1. The van der Waals surface area contributed by atoms with Gasteiger partial charge >= 0.3 is 0 Å². The highest BCUT2D eigenvalue weighted by Gasteiger charge is 2.19. The molecule has 1 N–H and O–H groups in total. The Labute approximate surface area is 109 Å². The summed E-state index contributed by atoms with van der Waals surface area (Å²) >= 11 is 5.73. The highest BCUT2D eigenvalue weighted by molar-refractivity contribution is 6.28. The van der Waals surface area contributed by atoms with E-state index in [4.69, 9.17) is 16.0 Å². The van der Waals surface area contributed by atoms with Crippen molar-refractivity contribution in [2.24, 2.45) is 11.8 Å². The van der Waals surface area contributed by atoms with Crippen LogP contribution in [-0.2, 0) is 6.54 Å². The van der Waals surface area contributed by atoms with Gasteiger partial charge in [-0.15, -0.1) is 0 Å². The maximum Gasteiger partial charge on any atom is 0.193 e.